The van der Waals surface area contributed by atoms with Gasteiger partial charge >= 0.3 is 0 Å². The van der Waals surface area contributed by atoms with Gasteiger partial charge in [0, 0.05) is 24.0 Å². The van der Waals surface area contributed by atoms with Crippen molar-refractivity contribution >= 4 is 16.7 Å². The number of H-pyrrole nitrogens is 1. The summed E-state index contributed by atoms with van der Waals surface area (Å²) < 4.78 is 0. The second-order valence-electron chi connectivity index (χ2n) is 7.36. The van der Waals surface area contributed by atoms with Crippen LogP contribution in [-0.2, 0) is 0 Å². The Hall–Kier alpha value is -3.28. The van der Waals surface area contributed by atoms with Crippen molar-refractivity contribution in [2.75, 3.05) is 18.0 Å². The average molecular weight is 370 g/mol. The maximum absolute atomic E-state index is 5.09. The Bertz CT molecular complexity index is 1100. The van der Waals surface area contributed by atoms with Crippen LogP contribution in [0.5, 0.6) is 0 Å². The van der Waals surface area contributed by atoms with E-state index in [1.165, 1.54) is 24.8 Å². The van der Waals surface area contributed by atoms with E-state index in [0.29, 0.717) is 5.82 Å². The van der Waals surface area contributed by atoms with Gasteiger partial charge in [0.15, 0.2) is 0 Å². The summed E-state index contributed by atoms with van der Waals surface area (Å²) in [4.78, 5) is 7.46. The predicted molar refractivity (Wildman–Crippen MR) is 111 cm³/mol. The lowest BCUT2D eigenvalue weighted by atomic mass is 9.93. The number of benzene rings is 2. The van der Waals surface area contributed by atoms with Crippen LogP contribution in [0.1, 0.15) is 24.8 Å². The Kier molecular flexibility index (Phi) is 4.24. The molecule has 0 aliphatic carbocycles. The molecule has 1 N–H and O–H groups in total. The van der Waals surface area contributed by atoms with Crippen LogP contribution >= 0.6 is 0 Å². The molecule has 1 saturated heterocycles. The molecule has 2 aromatic heterocycles. The molecule has 1 fully saturated rings. The molecule has 0 bridgehead atoms. The fourth-order valence-corrected chi connectivity index (χ4v) is 4.08. The summed E-state index contributed by atoms with van der Waals surface area (Å²) in [5.41, 5.74) is 5.42. The lowest BCUT2D eigenvalue weighted by Gasteiger charge is -2.30. The maximum Gasteiger partial charge on any atom is 0.209 e. The summed E-state index contributed by atoms with van der Waals surface area (Å²) in [5.74, 6) is 1.55. The number of rotatable bonds is 3. The first-order valence-electron chi connectivity index (χ1n) is 9.80. The minimum atomic E-state index is 0.593. The maximum atomic E-state index is 5.09. The van der Waals surface area contributed by atoms with Gasteiger partial charge in [-0.3, -0.25) is 0 Å². The van der Waals surface area contributed by atoms with Crippen LogP contribution < -0.4 is 4.90 Å². The highest BCUT2D eigenvalue weighted by Crippen LogP contribution is 2.42. The quantitative estimate of drug-likeness (QED) is 0.579. The number of piperidine rings is 1. The number of tetrazole rings is 1. The van der Waals surface area contributed by atoms with Crippen molar-refractivity contribution in [1.29, 1.82) is 0 Å². The molecule has 4 aromatic rings. The number of anilines is 1. The zero-order chi connectivity index (χ0) is 18.9. The van der Waals surface area contributed by atoms with Gasteiger partial charge in [-0.15, -0.1) is 10.2 Å². The first-order valence-corrected chi connectivity index (χ1v) is 9.80. The summed E-state index contributed by atoms with van der Waals surface area (Å²) in [6.07, 6.45) is 3.63. The molecule has 0 saturated carbocycles. The summed E-state index contributed by atoms with van der Waals surface area (Å²) in [6.45, 7) is 4.12. The number of nitrogens with one attached hydrogen (secondary N) is 1. The Labute approximate surface area is 163 Å². The van der Waals surface area contributed by atoms with E-state index in [0.717, 1.165) is 46.5 Å². The smallest absolute Gasteiger partial charge is 0.209 e. The molecule has 3 heterocycles. The predicted octanol–water partition coefficient (Wildman–Crippen LogP) is 4.38. The van der Waals surface area contributed by atoms with Crippen LogP contribution in [-0.4, -0.2) is 38.7 Å². The van der Waals surface area contributed by atoms with Gasteiger partial charge < -0.3 is 4.90 Å². The molecular weight excluding hydrogens is 348 g/mol. The third-order valence-corrected chi connectivity index (χ3v) is 5.41. The zero-order valence-electron chi connectivity index (χ0n) is 15.9. The van der Waals surface area contributed by atoms with E-state index < -0.39 is 0 Å². The topological polar surface area (TPSA) is 70.6 Å². The summed E-state index contributed by atoms with van der Waals surface area (Å²) in [5, 5.41) is 16.3. The Balaban J connectivity index is 1.89. The van der Waals surface area contributed by atoms with Gasteiger partial charge in [-0.05, 0) is 49.1 Å². The molecule has 140 valence electrons. The Morgan fingerprint density at radius 3 is 2.50 bits per heavy atom. The first-order chi connectivity index (χ1) is 13.8. The highest BCUT2D eigenvalue weighted by Gasteiger charge is 2.25. The number of aromatic nitrogens is 5. The van der Waals surface area contributed by atoms with Crippen molar-refractivity contribution in [2.24, 2.45) is 0 Å². The monoisotopic (exact) mass is 370 g/mol. The number of aromatic amines is 1. The van der Waals surface area contributed by atoms with E-state index in [4.69, 9.17) is 4.98 Å². The van der Waals surface area contributed by atoms with E-state index in [1.54, 1.807) is 0 Å². The molecule has 5 rings (SSSR count). The third-order valence-electron chi connectivity index (χ3n) is 5.41. The fourth-order valence-electron chi connectivity index (χ4n) is 4.08. The first kappa shape index (κ1) is 16.9. The van der Waals surface area contributed by atoms with E-state index in [2.05, 4.69) is 74.9 Å². The van der Waals surface area contributed by atoms with Gasteiger partial charge in [-0.2, -0.15) is 5.21 Å². The standard InChI is InChI=1S/C22H22N6/c1-15-10-11-18-17(14-15)19(16-8-4-2-5-9-16)20(21-24-26-27-25-21)22(23-18)28-12-6-3-7-13-28/h2,4-5,8-11,14H,3,6-7,12-13H2,1H3,(H,24,25,26,27). The molecule has 2 aromatic carbocycles. The Morgan fingerprint density at radius 2 is 1.75 bits per heavy atom. The van der Waals surface area contributed by atoms with Crippen molar-refractivity contribution in [2.45, 2.75) is 26.2 Å². The third kappa shape index (κ3) is 2.91. The molecule has 28 heavy (non-hydrogen) atoms. The minimum Gasteiger partial charge on any atom is -0.356 e. The van der Waals surface area contributed by atoms with Gasteiger partial charge in [0.05, 0.1) is 11.1 Å². The molecule has 6 heteroatoms. The van der Waals surface area contributed by atoms with Gasteiger partial charge in [-0.25, -0.2) is 4.98 Å². The van der Waals surface area contributed by atoms with Crippen molar-refractivity contribution in [3.8, 4) is 22.5 Å². The normalized spacial score (nSPS) is 14.5. The SMILES string of the molecule is Cc1ccc2nc(N3CCCCC3)c(-c3nn[nH]n3)c(-c3ccccc3)c2c1. The van der Waals surface area contributed by atoms with Crippen LogP contribution in [0.3, 0.4) is 0 Å². The lowest BCUT2D eigenvalue weighted by molar-refractivity contribution is 0.574. The summed E-state index contributed by atoms with van der Waals surface area (Å²) >= 11 is 0. The van der Waals surface area contributed by atoms with Crippen LogP contribution in [0.4, 0.5) is 5.82 Å². The zero-order valence-corrected chi connectivity index (χ0v) is 15.9. The number of aryl methyl sites for hydroxylation is 1. The molecule has 0 atom stereocenters. The van der Waals surface area contributed by atoms with Crippen LogP contribution in [0.25, 0.3) is 33.4 Å². The van der Waals surface area contributed by atoms with Crippen LogP contribution in [0, 0.1) is 6.92 Å². The van der Waals surface area contributed by atoms with Crippen LogP contribution in [0.2, 0.25) is 0 Å². The van der Waals surface area contributed by atoms with E-state index in [1.807, 2.05) is 6.07 Å². The van der Waals surface area contributed by atoms with Gasteiger partial charge in [0.1, 0.15) is 5.82 Å². The average Bonchev–Trinajstić information content (AvgIpc) is 3.28. The highest BCUT2D eigenvalue weighted by atomic mass is 15.5. The van der Waals surface area contributed by atoms with E-state index in [9.17, 15) is 0 Å². The minimum absolute atomic E-state index is 0.593. The van der Waals surface area contributed by atoms with Gasteiger partial charge in [0.25, 0.3) is 0 Å². The molecular formula is C22H22N6. The van der Waals surface area contributed by atoms with Gasteiger partial charge in [-0.1, -0.05) is 42.0 Å². The number of fused-ring (bicyclic) bond motifs is 1. The molecule has 1 aliphatic rings. The molecule has 0 unspecified atom stereocenters. The number of nitrogens with zero attached hydrogens (tertiary/aromatic N) is 5. The summed E-state index contributed by atoms with van der Waals surface area (Å²) in [6, 6.07) is 16.9. The fraction of sp³-hybridized carbons (Fsp3) is 0.273. The van der Waals surface area contributed by atoms with Crippen molar-refractivity contribution < 1.29 is 0 Å². The highest BCUT2D eigenvalue weighted by molar-refractivity contribution is 6.05. The molecule has 1 aliphatic heterocycles. The Morgan fingerprint density at radius 1 is 0.929 bits per heavy atom. The van der Waals surface area contributed by atoms with Crippen molar-refractivity contribution in [3.63, 3.8) is 0 Å². The van der Waals surface area contributed by atoms with E-state index in [-0.39, 0.29) is 0 Å². The molecule has 0 amide bonds. The molecule has 6 nitrogen and oxygen atoms in total. The van der Waals surface area contributed by atoms with Gasteiger partial charge in [0.2, 0.25) is 5.82 Å². The molecule has 0 spiro atoms. The van der Waals surface area contributed by atoms with Crippen LogP contribution in [0.15, 0.2) is 48.5 Å². The van der Waals surface area contributed by atoms with E-state index >= 15 is 0 Å². The number of hydrogen-bond acceptors (Lipinski definition) is 5. The van der Waals surface area contributed by atoms with Crippen molar-refractivity contribution in [3.05, 3.63) is 54.1 Å². The second kappa shape index (κ2) is 7.03. The van der Waals surface area contributed by atoms with Crippen molar-refractivity contribution in [1.82, 2.24) is 25.6 Å². The number of pyridine rings is 1. The number of hydrogen-bond donors (Lipinski definition) is 1. The second-order valence-corrected chi connectivity index (χ2v) is 7.36. The summed E-state index contributed by atoms with van der Waals surface area (Å²) in [7, 11) is 0. The molecule has 0 radical (unpaired) electrons. The lowest BCUT2D eigenvalue weighted by Crippen LogP contribution is -2.31. The largest absolute Gasteiger partial charge is 0.356 e.